The van der Waals surface area contributed by atoms with Crippen LogP contribution in [0.5, 0.6) is 0 Å². The highest BCUT2D eigenvalue weighted by molar-refractivity contribution is 5.78. The van der Waals surface area contributed by atoms with Crippen LogP contribution in [-0.2, 0) is 42.7 Å². The fourth-order valence-electron chi connectivity index (χ4n) is 16.0. The quantitative estimate of drug-likeness (QED) is 0.0768. The van der Waals surface area contributed by atoms with Crippen molar-refractivity contribution in [2.75, 3.05) is 26.4 Å². The van der Waals surface area contributed by atoms with Gasteiger partial charge in [-0.2, -0.15) is 0 Å². The van der Waals surface area contributed by atoms with Crippen LogP contribution in [0, 0.1) is 50.2 Å². The Labute approximate surface area is 436 Å². The summed E-state index contributed by atoms with van der Waals surface area (Å²) in [4.78, 5) is 13.3. The number of fused-ring (bicyclic) bond motifs is 7. The molecule has 0 bridgehead atoms. The number of aliphatic hydroxyl groups is 13. The summed E-state index contributed by atoms with van der Waals surface area (Å²) in [5.74, 6) is -1.45. The number of carboxylic acid groups (broad SMARTS) is 1. The molecular formula is C52H84O23. The van der Waals surface area contributed by atoms with Gasteiger partial charge in [0, 0.05) is 0 Å². The molecule has 0 spiro atoms. The van der Waals surface area contributed by atoms with Crippen molar-refractivity contribution >= 4 is 5.97 Å². The first-order chi connectivity index (χ1) is 35.0. The minimum absolute atomic E-state index is 0.0111. The van der Waals surface area contributed by atoms with Crippen LogP contribution in [0.4, 0.5) is 0 Å². The van der Waals surface area contributed by atoms with Crippen molar-refractivity contribution in [1.82, 2.24) is 0 Å². The number of aliphatic carboxylic acids is 1. The van der Waals surface area contributed by atoms with E-state index in [9.17, 15) is 76.3 Å². The molecule has 4 saturated heterocycles. The van der Waals surface area contributed by atoms with E-state index in [1.807, 2.05) is 13.8 Å². The number of rotatable bonds is 11. The SMILES string of the molecule is CC1(C)CC2C3=CCC4C5(C)CCC(OC6OC(COC7OCC(O)C(O)C7OC7OCC(O)C(O)C7O)C(O)C(O)C6OC6OC(CO)C(O)C(O)C6O)C(C)(C)C5CCC4(C)C3(C)CC(O)C2(C(=O)O)CC1O. The highest BCUT2D eigenvalue weighted by atomic mass is 16.8. The molecule has 75 heavy (non-hydrogen) atoms. The van der Waals surface area contributed by atoms with E-state index in [0.29, 0.717) is 25.7 Å². The van der Waals surface area contributed by atoms with E-state index >= 15 is 0 Å². The lowest BCUT2D eigenvalue weighted by atomic mass is 9.33. The zero-order valence-electron chi connectivity index (χ0n) is 43.9. The molecule has 9 rings (SSSR count). The zero-order chi connectivity index (χ0) is 54.9. The third-order valence-electron chi connectivity index (χ3n) is 20.9. The van der Waals surface area contributed by atoms with Gasteiger partial charge >= 0.3 is 5.97 Å². The van der Waals surface area contributed by atoms with Crippen LogP contribution in [0.25, 0.3) is 0 Å². The molecule has 430 valence electrons. The van der Waals surface area contributed by atoms with E-state index < -0.39 is 189 Å². The van der Waals surface area contributed by atoms with Crippen molar-refractivity contribution in [3.05, 3.63) is 11.6 Å². The van der Waals surface area contributed by atoms with Gasteiger partial charge in [-0.15, -0.1) is 0 Å². The molecule has 4 heterocycles. The summed E-state index contributed by atoms with van der Waals surface area (Å²) in [5, 5.41) is 152. The predicted octanol–water partition coefficient (Wildman–Crippen LogP) is -2.25. The zero-order valence-corrected chi connectivity index (χ0v) is 43.9. The van der Waals surface area contributed by atoms with Gasteiger partial charge < -0.3 is 109 Å². The van der Waals surface area contributed by atoms with Gasteiger partial charge in [-0.05, 0) is 96.2 Å². The molecule has 8 fully saturated rings. The Morgan fingerprint density at radius 3 is 1.88 bits per heavy atom. The van der Waals surface area contributed by atoms with E-state index in [-0.39, 0.29) is 35.5 Å². The molecule has 28 unspecified atom stereocenters. The summed E-state index contributed by atoms with van der Waals surface area (Å²) in [7, 11) is 0. The smallest absolute Gasteiger partial charge is 0.312 e. The average Bonchev–Trinajstić information content (AvgIpc) is 3.36. The standard InChI is InChI=1S/C52H84O23/c1-47(2)14-22-21-8-9-28-49(5)12-11-31(48(3,4)27(49)10-13-50(28,6)51(21,7)15-30(57)52(22,46(66)67)16-29(47)56)73-45-41(75-43-39(65)36(62)34(60)25(17-53)71-43)37(63)35(61)26(72-45)20-70-44-40(33(59)24(55)19-69-44)74-42-38(64)32(58)23(54)18-68-42/h8,22-45,53-65H,9-20H2,1-7H3,(H,66,67). The van der Waals surface area contributed by atoms with E-state index in [1.165, 1.54) is 0 Å². The predicted molar refractivity (Wildman–Crippen MR) is 254 cm³/mol. The normalized spacial score (nSPS) is 54.6. The van der Waals surface area contributed by atoms with Gasteiger partial charge in [0.1, 0.15) is 90.9 Å². The number of carbonyl (C=O) groups is 1. The second-order valence-corrected chi connectivity index (χ2v) is 25.6. The first kappa shape index (κ1) is 58.0. The molecule has 4 saturated carbocycles. The fourth-order valence-corrected chi connectivity index (χ4v) is 16.0. The van der Waals surface area contributed by atoms with Gasteiger partial charge in [0.05, 0.1) is 44.7 Å². The first-order valence-electron chi connectivity index (χ1n) is 26.8. The molecule has 0 aromatic rings. The van der Waals surface area contributed by atoms with Crippen LogP contribution in [0.3, 0.4) is 0 Å². The molecule has 14 N–H and O–H groups in total. The molecule has 28 atom stereocenters. The fraction of sp³-hybridized carbons (Fsp3) is 0.942. The van der Waals surface area contributed by atoms with Gasteiger partial charge in [0.2, 0.25) is 0 Å². The van der Waals surface area contributed by atoms with Gasteiger partial charge in [-0.1, -0.05) is 60.1 Å². The van der Waals surface area contributed by atoms with Gasteiger partial charge in [-0.3, -0.25) is 4.79 Å². The first-order valence-corrected chi connectivity index (χ1v) is 26.8. The van der Waals surface area contributed by atoms with Crippen molar-refractivity contribution < 1.29 is 114 Å². The van der Waals surface area contributed by atoms with Crippen molar-refractivity contribution in [1.29, 1.82) is 0 Å². The van der Waals surface area contributed by atoms with E-state index in [4.69, 9.17) is 37.9 Å². The number of hydrogen-bond acceptors (Lipinski definition) is 22. The Morgan fingerprint density at radius 2 is 1.21 bits per heavy atom. The maximum Gasteiger partial charge on any atom is 0.312 e. The summed E-state index contributed by atoms with van der Waals surface area (Å²) in [6, 6.07) is 0. The third kappa shape index (κ3) is 9.29. The molecule has 9 aliphatic rings. The Morgan fingerprint density at radius 1 is 0.613 bits per heavy atom. The Kier molecular flexibility index (Phi) is 16.0. The van der Waals surface area contributed by atoms with Crippen molar-refractivity contribution in [3.8, 4) is 0 Å². The molecule has 5 aliphatic carbocycles. The largest absolute Gasteiger partial charge is 0.481 e. The minimum Gasteiger partial charge on any atom is -0.481 e. The summed E-state index contributed by atoms with van der Waals surface area (Å²) in [5.41, 5.74) is -2.89. The molecule has 0 aromatic heterocycles. The summed E-state index contributed by atoms with van der Waals surface area (Å²) in [6.45, 7) is 12.7. The highest BCUT2D eigenvalue weighted by Gasteiger charge is 2.72. The Balaban J connectivity index is 0.973. The Hall–Kier alpha value is -1.63. The van der Waals surface area contributed by atoms with Gasteiger partial charge in [-0.25, -0.2) is 0 Å². The maximum atomic E-state index is 13.3. The van der Waals surface area contributed by atoms with Crippen LogP contribution in [0.15, 0.2) is 11.6 Å². The molecule has 0 aromatic carbocycles. The number of carboxylic acids is 1. The monoisotopic (exact) mass is 1080 g/mol. The molecular weight excluding hydrogens is 993 g/mol. The van der Waals surface area contributed by atoms with E-state index in [0.717, 1.165) is 18.4 Å². The number of hydrogen-bond donors (Lipinski definition) is 14. The minimum atomic E-state index is -1.90. The molecule has 0 radical (unpaired) electrons. The van der Waals surface area contributed by atoms with Crippen LogP contribution in [0.2, 0.25) is 0 Å². The van der Waals surface area contributed by atoms with Crippen molar-refractivity contribution in [2.45, 2.75) is 229 Å². The second-order valence-electron chi connectivity index (χ2n) is 25.6. The van der Waals surface area contributed by atoms with Gasteiger partial charge in [0.25, 0.3) is 0 Å². The van der Waals surface area contributed by atoms with Crippen molar-refractivity contribution in [2.24, 2.45) is 50.2 Å². The van der Waals surface area contributed by atoms with Crippen molar-refractivity contribution in [3.63, 3.8) is 0 Å². The molecule has 23 nitrogen and oxygen atoms in total. The third-order valence-corrected chi connectivity index (χ3v) is 20.9. The second kappa shape index (κ2) is 20.7. The number of ether oxygens (including phenoxy) is 8. The average molecular weight is 1080 g/mol. The van der Waals surface area contributed by atoms with E-state index in [1.54, 1.807) is 0 Å². The summed E-state index contributed by atoms with van der Waals surface area (Å²) < 4.78 is 48.0. The highest BCUT2D eigenvalue weighted by Crippen LogP contribution is 2.76. The number of allylic oxidation sites excluding steroid dienone is 2. The van der Waals surface area contributed by atoms with E-state index in [2.05, 4.69) is 40.7 Å². The van der Waals surface area contributed by atoms with Crippen LogP contribution in [-0.4, -0.2) is 233 Å². The lowest BCUT2D eigenvalue weighted by Crippen LogP contribution is -2.69. The van der Waals surface area contributed by atoms with Crippen LogP contribution < -0.4 is 0 Å². The summed E-state index contributed by atoms with van der Waals surface area (Å²) in [6.07, 6.45) is -26.3. The topological polar surface area (TPSA) is 374 Å². The van der Waals surface area contributed by atoms with Gasteiger partial charge in [0.15, 0.2) is 25.2 Å². The molecule has 4 aliphatic heterocycles. The molecule has 23 heteroatoms. The van der Waals surface area contributed by atoms with Crippen LogP contribution in [0.1, 0.15) is 99.8 Å². The lowest BCUT2D eigenvalue weighted by Gasteiger charge is -2.72. The lowest BCUT2D eigenvalue weighted by molar-refractivity contribution is -0.384. The Bertz CT molecular complexity index is 2080. The number of aliphatic hydroxyl groups excluding tert-OH is 13. The molecule has 0 amide bonds. The maximum absolute atomic E-state index is 13.3. The van der Waals surface area contributed by atoms with Crippen LogP contribution >= 0.6 is 0 Å². The summed E-state index contributed by atoms with van der Waals surface area (Å²) >= 11 is 0.